The Morgan fingerprint density at radius 2 is 2.24 bits per heavy atom. The molecule has 0 amide bonds. The molecule has 0 saturated carbocycles. The van der Waals surface area contributed by atoms with Crippen molar-refractivity contribution in [1.82, 2.24) is 19.8 Å². The third-order valence-electron chi connectivity index (χ3n) is 3.75. The number of hydrogen-bond donors (Lipinski definition) is 0. The Hall–Kier alpha value is -1.62. The van der Waals surface area contributed by atoms with Gasteiger partial charge in [0, 0.05) is 37.2 Å². The van der Waals surface area contributed by atoms with Gasteiger partial charge in [0.2, 0.25) is 0 Å². The predicted octanol–water partition coefficient (Wildman–Crippen LogP) is 1.08. The van der Waals surface area contributed by atoms with Gasteiger partial charge in [-0.05, 0) is 13.5 Å². The molecule has 0 bridgehead atoms. The Balaban J connectivity index is 1.95. The van der Waals surface area contributed by atoms with Crippen LogP contribution >= 0.6 is 0 Å². The van der Waals surface area contributed by atoms with Gasteiger partial charge in [-0.15, -0.1) is 0 Å². The van der Waals surface area contributed by atoms with E-state index in [1.54, 1.807) is 6.26 Å². The van der Waals surface area contributed by atoms with E-state index in [0.29, 0.717) is 0 Å². The van der Waals surface area contributed by atoms with Gasteiger partial charge in [0.1, 0.15) is 12.0 Å². The fraction of sp³-hybridized carbons (Fsp3) is 0.500. The molecule has 4 heterocycles. The first-order chi connectivity index (χ1) is 8.33. The van der Waals surface area contributed by atoms with Crippen LogP contribution in [0.3, 0.4) is 0 Å². The maximum Gasteiger partial charge on any atom is 0.135 e. The summed E-state index contributed by atoms with van der Waals surface area (Å²) in [6.07, 6.45) is 3.78. The van der Waals surface area contributed by atoms with E-state index in [-0.39, 0.29) is 0 Å². The van der Waals surface area contributed by atoms with Gasteiger partial charge in [0.05, 0.1) is 11.4 Å². The van der Waals surface area contributed by atoms with Crippen molar-refractivity contribution in [3.05, 3.63) is 23.1 Å². The van der Waals surface area contributed by atoms with E-state index in [0.717, 1.165) is 38.2 Å². The number of fused-ring (bicyclic) bond motifs is 5. The smallest absolute Gasteiger partial charge is 0.135 e. The lowest BCUT2D eigenvalue weighted by molar-refractivity contribution is 0.312. The van der Waals surface area contributed by atoms with E-state index in [2.05, 4.69) is 21.8 Å². The molecule has 4 rings (SSSR count). The average molecular weight is 230 g/mol. The van der Waals surface area contributed by atoms with Gasteiger partial charge in [-0.25, -0.2) is 0 Å². The molecule has 5 nitrogen and oxygen atoms in total. The topological polar surface area (TPSA) is 47.1 Å². The lowest BCUT2D eigenvalue weighted by Gasteiger charge is -2.22. The summed E-state index contributed by atoms with van der Waals surface area (Å²) in [4.78, 5) is 2.33. The lowest BCUT2D eigenvalue weighted by Crippen LogP contribution is -2.26. The van der Waals surface area contributed by atoms with Crippen molar-refractivity contribution >= 4 is 0 Å². The Morgan fingerprint density at radius 1 is 1.29 bits per heavy atom. The summed E-state index contributed by atoms with van der Waals surface area (Å²) in [5, 5.41) is 8.86. The minimum Gasteiger partial charge on any atom is -0.364 e. The van der Waals surface area contributed by atoms with E-state index in [9.17, 15) is 0 Å². The molecule has 0 aromatic carbocycles. The first-order valence-corrected chi connectivity index (χ1v) is 6.03. The SMILES string of the molecule is CN1CCc2nn3c(c2C1)-c1nocc1CC3. The monoisotopic (exact) mass is 230 g/mol. The van der Waals surface area contributed by atoms with Gasteiger partial charge < -0.3 is 9.42 Å². The minimum atomic E-state index is 0.945. The van der Waals surface area contributed by atoms with Gasteiger partial charge in [0.25, 0.3) is 0 Å². The molecule has 0 radical (unpaired) electrons. The molecule has 2 aromatic rings. The van der Waals surface area contributed by atoms with Crippen molar-refractivity contribution in [3.8, 4) is 11.4 Å². The van der Waals surface area contributed by atoms with Gasteiger partial charge in [-0.2, -0.15) is 5.10 Å². The minimum absolute atomic E-state index is 0.945. The van der Waals surface area contributed by atoms with Crippen LogP contribution in [0.15, 0.2) is 10.8 Å². The summed E-state index contributed by atoms with van der Waals surface area (Å²) >= 11 is 0. The molecule has 2 aliphatic rings. The summed E-state index contributed by atoms with van der Waals surface area (Å²) in [7, 11) is 2.15. The second-order valence-electron chi connectivity index (χ2n) is 4.92. The fourth-order valence-electron chi connectivity index (χ4n) is 2.84. The van der Waals surface area contributed by atoms with Crippen LogP contribution in [0.1, 0.15) is 16.8 Å². The van der Waals surface area contributed by atoms with E-state index < -0.39 is 0 Å². The van der Waals surface area contributed by atoms with Crippen LogP contribution in [-0.4, -0.2) is 33.4 Å². The molecule has 2 aromatic heterocycles. The molecule has 0 N–H and O–H groups in total. The molecule has 88 valence electrons. The van der Waals surface area contributed by atoms with Crippen molar-refractivity contribution in [2.75, 3.05) is 13.6 Å². The second-order valence-corrected chi connectivity index (χ2v) is 4.92. The van der Waals surface area contributed by atoms with Crippen LogP contribution in [-0.2, 0) is 25.9 Å². The normalized spacial score (nSPS) is 18.6. The van der Waals surface area contributed by atoms with Crippen molar-refractivity contribution in [3.63, 3.8) is 0 Å². The molecule has 0 aliphatic carbocycles. The first-order valence-electron chi connectivity index (χ1n) is 6.03. The number of rotatable bonds is 0. The number of aromatic nitrogens is 3. The Kier molecular flexibility index (Phi) is 1.77. The van der Waals surface area contributed by atoms with E-state index in [1.807, 2.05) is 0 Å². The quantitative estimate of drug-likeness (QED) is 0.679. The van der Waals surface area contributed by atoms with Crippen LogP contribution in [0.5, 0.6) is 0 Å². The number of hydrogen-bond acceptors (Lipinski definition) is 4. The van der Waals surface area contributed by atoms with Gasteiger partial charge in [0.15, 0.2) is 0 Å². The van der Waals surface area contributed by atoms with Crippen molar-refractivity contribution in [2.24, 2.45) is 0 Å². The van der Waals surface area contributed by atoms with Crippen LogP contribution in [0.2, 0.25) is 0 Å². The van der Waals surface area contributed by atoms with Crippen LogP contribution in [0.4, 0.5) is 0 Å². The summed E-state index contributed by atoms with van der Waals surface area (Å²) in [6, 6.07) is 0. The predicted molar refractivity (Wildman–Crippen MR) is 61.5 cm³/mol. The highest BCUT2D eigenvalue weighted by molar-refractivity contribution is 5.65. The van der Waals surface area contributed by atoms with Crippen molar-refractivity contribution in [1.29, 1.82) is 0 Å². The van der Waals surface area contributed by atoms with E-state index in [4.69, 9.17) is 9.62 Å². The van der Waals surface area contributed by atoms with Crippen LogP contribution in [0, 0.1) is 0 Å². The van der Waals surface area contributed by atoms with Crippen molar-refractivity contribution < 1.29 is 4.52 Å². The summed E-state index contributed by atoms with van der Waals surface area (Å²) in [6.45, 7) is 3.01. The Bertz CT molecular complexity index is 583. The first kappa shape index (κ1) is 9.41. The zero-order valence-electron chi connectivity index (χ0n) is 9.81. The molecule has 5 heteroatoms. The molecule has 17 heavy (non-hydrogen) atoms. The van der Waals surface area contributed by atoms with E-state index >= 15 is 0 Å². The summed E-state index contributed by atoms with van der Waals surface area (Å²) < 4.78 is 7.21. The number of likely N-dealkylation sites (N-methyl/N-ethyl adjacent to an activating group) is 1. The third kappa shape index (κ3) is 1.23. The third-order valence-corrected chi connectivity index (χ3v) is 3.75. The Morgan fingerprint density at radius 3 is 3.18 bits per heavy atom. The lowest BCUT2D eigenvalue weighted by atomic mass is 10.00. The average Bonchev–Trinajstić information content (AvgIpc) is 2.90. The van der Waals surface area contributed by atoms with Crippen molar-refractivity contribution in [2.45, 2.75) is 25.9 Å². The molecule has 0 saturated heterocycles. The van der Waals surface area contributed by atoms with Gasteiger partial charge in [-0.3, -0.25) is 4.68 Å². The molecular formula is C12H14N4O. The summed E-state index contributed by atoms with van der Waals surface area (Å²) in [5.41, 5.74) is 5.98. The van der Waals surface area contributed by atoms with Crippen LogP contribution < -0.4 is 0 Å². The highest BCUT2D eigenvalue weighted by Gasteiger charge is 2.29. The molecule has 0 unspecified atom stereocenters. The summed E-state index contributed by atoms with van der Waals surface area (Å²) in [5.74, 6) is 0. The second kappa shape index (κ2) is 3.20. The van der Waals surface area contributed by atoms with Crippen LogP contribution in [0.25, 0.3) is 11.4 Å². The molecule has 0 spiro atoms. The zero-order chi connectivity index (χ0) is 11.4. The highest BCUT2D eigenvalue weighted by atomic mass is 16.5. The van der Waals surface area contributed by atoms with Gasteiger partial charge in [-0.1, -0.05) is 5.16 Å². The molecular weight excluding hydrogens is 216 g/mol. The molecule has 0 fully saturated rings. The maximum absolute atomic E-state index is 5.11. The molecule has 2 aliphatic heterocycles. The van der Waals surface area contributed by atoms with E-state index in [1.165, 1.54) is 22.5 Å². The van der Waals surface area contributed by atoms with Gasteiger partial charge >= 0.3 is 0 Å². The highest BCUT2D eigenvalue weighted by Crippen LogP contribution is 2.34. The number of nitrogens with zero attached hydrogens (tertiary/aromatic N) is 4. The largest absolute Gasteiger partial charge is 0.364 e. The maximum atomic E-state index is 5.11. The Labute approximate surface area is 99.0 Å². The molecule has 0 atom stereocenters. The zero-order valence-corrected chi connectivity index (χ0v) is 9.81. The fourth-order valence-corrected chi connectivity index (χ4v) is 2.84. The standard InChI is InChI=1S/C12H14N4O/c1-15-4-3-10-9(6-15)12-11-8(7-17-14-11)2-5-16(12)13-10/h7H,2-6H2,1H3. The number of aryl methyl sites for hydroxylation is 2.